The lowest BCUT2D eigenvalue weighted by Gasteiger charge is -1.96. The van der Waals surface area contributed by atoms with Crippen molar-refractivity contribution in [2.24, 2.45) is 0 Å². The molecule has 0 aliphatic carbocycles. The fraction of sp³-hybridized carbons (Fsp3) is 0.111. The number of nitrogens with one attached hydrogen (secondary N) is 2. The Morgan fingerprint density at radius 2 is 2.31 bits per heavy atom. The van der Waals surface area contributed by atoms with E-state index in [1.165, 1.54) is 0 Å². The third kappa shape index (κ3) is 1.54. The van der Waals surface area contributed by atoms with Crippen molar-refractivity contribution in [2.75, 3.05) is 0 Å². The molecule has 0 saturated heterocycles. The van der Waals surface area contributed by atoms with Crippen LogP contribution in [0.15, 0.2) is 24.4 Å². The van der Waals surface area contributed by atoms with Gasteiger partial charge in [0.2, 0.25) is 0 Å². The third-order valence-electron chi connectivity index (χ3n) is 2.00. The fourth-order valence-electron chi connectivity index (χ4n) is 1.39. The van der Waals surface area contributed by atoms with Crippen molar-refractivity contribution in [3.05, 3.63) is 35.0 Å². The molecule has 0 fully saturated rings. The predicted octanol–water partition coefficient (Wildman–Crippen LogP) is 2.30. The summed E-state index contributed by atoms with van der Waals surface area (Å²) in [5.74, 6) is 0. The molecular weight excluding hydrogens is 188 g/mol. The molecule has 0 amide bonds. The average Bonchev–Trinajstić information content (AvgIpc) is 2.49. The molecule has 3 nitrogen and oxygen atoms in total. The average molecular weight is 197 g/mol. The second kappa shape index (κ2) is 3.38. The second-order valence-electron chi connectivity index (χ2n) is 2.84. The van der Waals surface area contributed by atoms with Crippen LogP contribution in [0.2, 0.25) is 5.02 Å². The summed E-state index contributed by atoms with van der Waals surface area (Å²) in [6, 6.07) is 5.62. The molecule has 1 heterocycles. The zero-order valence-corrected chi connectivity index (χ0v) is 7.60. The van der Waals surface area contributed by atoms with Gasteiger partial charge in [-0.1, -0.05) is 17.7 Å². The molecule has 0 unspecified atom stereocenters. The largest absolute Gasteiger partial charge is 0.361 e. The first kappa shape index (κ1) is 8.56. The fourth-order valence-corrected chi connectivity index (χ4v) is 1.56. The van der Waals surface area contributed by atoms with Gasteiger partial charge in [-0.15, -0.1) is 0 Å². The highest BCUT2D eigenvalue weighted by Gasteiger charge is 2.02. The van der Waals surface area contributed by atoms with Crippen LogP contribution in [-0.4, -0.2) is 10.2 Å². The Labute approximate surface area is 80.3 Å². The van der Waals surface area contributed by atoms with Crippen molar-refractivity contribution in [3.8, 4) is 0 Å². The summed E-state index contributed by atoms with van der Waals surface area (Å²) >= 11 is 5.82. The van der Waals surface area contributed by atoms with Crippen molar-refractivity contribution >= 4 is 22.5 Å². The van der Waals surface area contributed by atoms with E-state index in [1.807, 2.05) is 24.4 Å². The number of aromatic nitrogens is 1. The number of benzene rings is 1. The monoisotopic (exact) mass is 196 g/mol. The van der Waals surface area contributed by atoms with Gasteiger partial charge in [-0.05, 0) is 17.7 Å². The lowest BCUT2D eigenvalue weighted by atomic mass is 10.2. The van der Waals surface area contributed by atoms with Crippen LogP contribution >= 0.6 is 11.6 Å². The lowest BCUT2D eigenvalue weighted by Crippen LogP contribution is -2.04. The first-order valence-electron chi connectivity index (χ1n) is 3.94. The van der Waals surface area contributed by atoms with E-state index in [2.05, 4.69) is 10.5 Å². The van der Waals surface area contributed by atoms with Gasteiger partial charge in [0.05, 0.1) is 0 Å². The minimum absolute atomic E-state index is 0.432. The van der Waals surface area contributed by atoms with Gasteiger partial charge in [0.1, 0.15) is 0 Å². The topological polar surface area (TPSA) is 48.0 Å². The molecule has 1 aromatic heterocycles. The minimum atomic E-state index is 0.432. The Hall–Kier alpha value is -1.03. The van der Waals surface area contributed by atoms with Crippen LogP contribution in [0.5, 0.6) is 0 Å². The molecular formula is C9H9ClN2O. The van der Waals surface area contributed by atoms with Gasteiger partial charge in [0.15, 0.2) is 0 Å². The maximum absolute atomic E-state index is 8.56. The highest BCUT2D eigenvalue weighted by Crippen LogP contribution is 2.21. The summed E-state index contributed by atoms with van der Waals surface area (Å²) in [6.45, 7) is 0.432. The molecule has 3 N–H and O–H groups in total. The van der Waals surface area contributed by atoms with Crippen LogP contribution in [0.4, 0.5) is 0 Å². The van der Waals surface area contributed by atoms with E-state index in [-0.39, 0.29) is 0 Å². The van der Waals surface area contributed by atoms with Crippen LogP contribution < -0.4 is 5.48 Å². The third-order valence-corrected chi connectivity index (χ3v) is 2.23. The maximum atomic E-state index is 8.56. The molecule has 0 aliphatic rings. The van der Waals surface area contributed by atoms with E-state index in [4.69, 9.17) is 16.8 Å². The molecule has 0 bridgehead atoms. The first-order valence-corrected chi connectivity index (χ1v) is 4.31. The van der Waals surface area contributed by atoms with Crippen LogP contribution in [0.1, 0.15) is 5.56 Å². The van der Waals surface area contributed by atoms with Gasteiger partial charge in [-0.3, -0.25) is 0 Å². The molecule has 0 saturated carbocycles. The standard InChI is InChI=1S/C9H9ClN2O/c10-7-1-2-8-6(5-12-13)4-11-9(8)3-7/h1-4,11-13H,5H2. The van der Waals surface area contributed by atoms with Crippen LogP contribution in [-0.2, 0) is 6.54 Å². The number of halogens is 1. The van der Waals surface area contributed by atoms with Crippen molar-refractivity contribution < 1.29 is 5.21 Å². The smallest absolute Gasteiger partial charge is 0.0479 e. The molecule has 2 rings (SSSR count). The van der Waals surface area contributed by atoms with Crippen molar-refractivity contribution in [3.63, 3.8) is 0 Å². The van der Waals surface area contributed by atoms with Crippen molar-refractivity contribution in [2.45, 2.75) is 6.54 Å². The van der Waals surface area contributed by atoms with Gasteiger partial charge in [-0.25, -0.2) is 5.48 Å². The van der Waals surface area contributed by atoms with Crippen LogP contribution in [0.25, 0.3) is 10.9 Å². The number of aromatic amines is 1. The van der Waals surface area contributed by atoms with E-state index < -0.39 is 0 Å². The summed E-state index contributed by atoms with van der Waals surface area (Å²) < 4.78 is 0. The number of H-pyrrole nitrogens is 1. The van der Waals surface area contributed by atoms with Crippen LogP contribution in [0, 0.1) is 0 Å². The zero-order chi connectivity index (χ0) is 9.26. The van der Waals surface area contributed by atoms with Gasteiger partial charge in [0.25, 0.3) is 0 Å². The quantitative estimate of drug-likeness (QED) is 0.646. The Bertz CT molecular complexity index is 424. The Morgan fingerprint density at radius 3 is 3.08 bits per heavy atom. The molecule has 1 aromatic carbocycles. The molecule has 2 aromatic rings. The van der Waals surface area contributed by atoms with Gasteiger partial charge in [0, 0.05) is 28.7 Å². The second-order valence-corrected chi connectivity index (χ2v) is 3.28. The first-order chi connectivity index (χ1) is 6.31. The lowest BCUT2D eigenvalue weighted by molar-refractivity contribution is 0.161. The summed E-state index contributed by atoms with van der Waals surface area (Å²) in [5, 5.41) is 10.3. The van der Waals surface area contributed by atoms with E-state index in [0.29, 0.717) is 11.6 Å². The Balaban J connectivity index is 2.55. The van der Waals surface area contributed by atoms with E-state index in [9.17, 15) is 0 Å². The van der Waals surface area contributed by atoms with Gasteiger partial charge < -0.3 is 10.2 Å². The summed E-state index contributed by atoms with van der Waals surface area (Å²) in [6.07, 6.45) is 1.85. The van der Waals surface area contributed by atoms with Crippen molar-refractivity contribution in [1.29, 1.82) is 0 Å². The summed E-state index contributed by atoms with van der Waals surface area (Å²) in [4.78, 5) is 3.08. The molecule has 4 heteroatoms. The van der Waals surface area contributed by atoms with Crippen molar-refractivity contribution in [1.82, 2.24) is 10.5 Å². The molecule has 13 heavy (non-hydrogen) atoms. The van der Waals surface area contributed by atoms with Gasteiger partial charge in [-0.2, -0.15) is 0 Å². The van der Waals surface area contributed by atoms with E-state index in [1.54, 1.807) is 0 Å². The normalized spacial score (nSPS) is 10.9. The Morgan fingerprint density at radius 1 is 1.46 bits per heavy atom. The van der Waals surface area contributed by atoms with Crippen LogP contribution in [0.3, 0.4) is 0 Å². The predicted molar refractivity (Wildman–Crippen MR) is 51.9 cm³/mol. The summed E-state index contributed by atoms with van der Waals surface area (Å²) in [5.41, 5.74) is 4.13. The molecule has 0 radical (unpaired) electrons. The zero-order valence-electron chi connectivity index (χ0n) is 6.84. The highest BCUT2D eigenvalue weighted by molar-refractivity contribution is 6.31. The number of hydrogen-bond donors (Lipinski definition) is 3. The molecule has 0 spiro atoms. The minimum Gasteiger partial charge on any atom is -0.361 e. The number of fused-ring (bicyclic) bond motifs is 1. The Kier molecular flexibility index (Phi) is 2.22. The van der Waals surface area contributed by atoms with E-state index in [0.717, 1.165) is 16.5 Å². The molecule has 0 aliphatic heterocycles. The summed E-state index contributed by atoms with van der Waals surface area (Å²) in [7, 11) is 0. The molecule has 0 atom stereocenters. The van der Waals surface area contributed by atoms with Gasteiger partial charge >= 0.3 is 0 Å². The SMILES string of the molecule is ONCc1c[nH]c2cc(Cl)ccc12. The highest BCUT2D eigenvalue weighted by atomic mass is 35.5. The number of rotatable bonds is 2. The number of hydrogen-bond acceptors (Lipinski definition) is 2. The number of hydroxylamine groups is 1. The molecule has 68 valence electrons. The maximum Gasteiger partial charge on any atom is 0.0479 e. The van der Waals surface area contributed by atoms with E-state index >= 15 is 0 Å².